The Morgan fingerprint density at radius 2 is 0.882 bits per heavy atom. The third-order valence-corrected chi connectivity index (χ3v) is 8.87. The number of rotatable bonds is 4. The second-order valence-corrected chi connectivity index (χ2v) is 12.0. The van der Waals surface area contributed by atoms with Crippen LogP contribution in [0.2, 0.25) is 0 Å². The Morgan fingerprint density at radius 3 is 1.45 bits per heavy atom. The molecule has 9 rings (SSSR count). The topological polar surface area (TPSA) is 46.5 Å². The molecule has 7 aromatic rings. The van der Waals surface area contributed by atoms with Gasteiger partial charge in [-0.05, 0) is 83.5 Å². The molecule has 0 atom stereocenters. The molecule has 248 valence electrons. The van der Waals surface area contributed by atoms with E-state index in [4.69, 9.17) is 9.97 Å². The zero-order valence-corrected chi connectivity index (χ0v) is 29.8. The van der Waals surface area contributed by atoms with Crippen molar-refractivity contribution in [3.63, 3.8) is 0 Å². The Morgan fingerprint density at radius 1 is 0.431 bits per heavy atom. The molecule has 3 aromatic heterocycles. The van der Waals surface area contributed by atoms with Crippen molar-refractivity contribution >= 4 is 46.4 Å². The summed E-state index contributed by atoms with van der Waals surface area (Å²) in [6, 6.07) is 53.3. The summed E-state index contributed by atoms with van der Waals surface area (Å²) in [7, 11) is 0. The van der Waals surface area contributed by atoms with Gasteiger partial charge in [-0.2, -0.15) is 0 Å². The molecule has 0 saturated carbocycles. The Labute approximate surface area is 319 Å². The number of H-pyrrole nitrogens is 1. The molecule has 0 amide bonds. The fourth-order valence-corrected chi connectivity index (χ4v) is 6.81. The van der Waals surface area contributed by atoms with Crippen LogP contribution in [-0.2, 0) is 17.1 Å². The van der Waals surface area contributed by atoms with Crippen molar-refractivity contribution in [2.45, 2.75) is 0 Å². The van der Waals surface area contributed by atoms with Crippen LogP contribution in [0, 0.1) is 0 Å². The van der Waals surface area contributed by atoms with Crippen LogP contribution in [0.15, 0.2) is 152 Å². The number of aromatic amines is 1. The van der Waals surface area contributed by atoms with Crippen LogP contribution in [0.1, 0.15) is 22.8 Å². The first kappa shape index (κ1) is 35.4. The zero-order chi connectivity index (χ0) is 31.9. The summed E-state index contributed by atoms with van der Waals surface area (Å²) < 4.78 is 2.41. The van der Waals surface area contributed by atoms with E-state index >= 15 is 0 Å². The van der Waals surface area contributed by atoms with E-state index in [1.807, 2.05) is 0 Å². The monoisotopic (exact) mass is 740 g/mol. The van der Waals surface area contributed by atoms with E-state index in [-0.39, 0.29) is 41.9 Å². The first-order chi connectivity index (χ1) is 23.8. The molecule has 0 saturated heterocycles. The van der Waals surface area contributed by atoms with Crippen molar-refractivity contribution in [3.8, 4) is 39.1 Å². The van der Waals surface area contributed by atoms with Gasteiger partial charge in [0, 0.05) is 33.4 Å². The van der Waals surface area contributed by atoms with Gasteiger partial charge in [-0.1, -0.05) is 109 Å². The standard InChI is InChI=1S/C44H30N4.2ClH.Fe/c1-5-13-30(14-6-1)41-39-26-25-36(47-39)28-35-22-21-33(45-35)27-34-23-24-37(46-34)29-40-42(31-15-7-2-8-16-31)43(32-17-9-3-10-18-32)44(41)48(40)38-19-11-4-12-20-38;;;/h1-29,45H;2*1H;/q;;;+2/p-2. The summed E-state index contributed by atoms with van der Waals surface area (Å²) in [5.41, 5.74) is 15.4. The van der Waals surface area contributed by atoms with Gasteiger partial charge < -0.3 is 34.4 Å². The van der Waals surface area contributed by atoms with E-state index in [1.165, 1.54) is 0 Å². The summed E-state index contributed by atoms with van der Waals surface area (Å²) >= 11 is 0. The second kappa shape index (κ2) is 15.2. The second-order valence-electron chi connectivity index (χ2n) is 12.0. The molecule has 51 heavy (non-hydrogen) atoms. The molecule has 2 aliphatic rings. The van der Waals surface area contributed by atoms with E-state index in [2.05, 4.69) is 186 Å². The third kappa shape index (κ3) is 6.73. The average molecular weight is 742 g/mol. The first-order valence-corrected chi connectivity index (χ1v) is 16.2. The van der Waals surface area contributed by atoms with Crippen molar-refractivity contribution in [1.29, 1.82) is 0 Å². The van der Waals surface area contributed by atoms with E-state index in [9.17, 15) is 0 Å². The molecule has 0 unspecified atom stereocenters. The number of halogens is 2. The van der Waals surface area contributed by atoms with Crippen molar-refractivity contribution in [3.05, 3.63) is 174 Å². The number of fused-ring (bicyclic) bond motifs is 8. The van der Waals surface area contributed by atoms with Gasteiger partial charge in [0.15, 0.2) is 0 Å². The fraction of sp³-hybridized carbons (Fsp3) is 0. The first-order valence-electron chi connectivity index (χ1n) is 16.2. The largest absolute Gasteiger partial charge is 2.00 e. The average Bonchev–Trinajstić information content (AvgIpc) is 3.95. The Bertz CT molecular complexity index is 2540. The maximum atomic E-state index is 5.29. The molecule has 0 fully saturated rings. The number of para-hydroxylation sites is 1. The van der Waals surface area contributed by atoms with Crippen LogP contribution in [0.5, 0.6) is 0 Å². The van der Waals surface area contributed by atoms with E-state index < -0.39 is 0 Å². The van der Waals surface area contributed by atoms with Crippen LogP contribution < -0.4 is 24.8 Å². The van der Waals surface area contributed by atoms with Gasteiger partial charge in [-0.3, -0.25) is 0 Å². The Hall–Kier alpha value is -5.42. The summed E-state index contributed by atoms with van der Waals surface area (Å²) in [6.07, 6.45) is 8.44. The fourth-order valence-electron chi connectivity index (χ4n) is 6.81. The molecular formula is C44H30Cl2FeN4. The summed E-state index contributed by atoms with van der Waals surface area (Å²) in [4.78, 5) is 13.9. The molecule has 7 heteroatoms. The van der Waals surface area contributed by atoms with Gasteiger partial charge in [0.25, 0.3) is 0 Å². The SMILES string of the molecule is C1=Cc2cc3c(-c4ccccc4)c(-c4ccccc4)c(c(-c4ccccc4)c4nc(cc5ccc(cc1n2)[nH]5)C=C4)n3-c1ccccc1.[Cl-].[Cl-].[Fe+2]. The molecule has 8 bridgehead atoms. The number of benzene rings is 4. The van der Waals surface area contributed by atoms with Crippen LogP contribution in [0.4, 0.5) is 0 Å². The number of aromatic nitrogens is 4. The maximum Gasteiger partial charge on any atom is 2.00 e. The Kier molecular flexibility index (Phi) is 10.6. The smallest absolute Gasteiger partial charge is 1.00 e. The zero-order valence-electron chi connectivity index (χ0n) is 27.2. The Balaban J connectivity index is 0.00000149. The summed E-state index contributed by atoms with van der Waals surface area (Å²) in [5, 5.41) is 0. The number of hydrogen-bond donors (Lipinski definition) is 1. The molecular weight excluding hydrogens is 711 g/mol. The minimum absolute atomic E-state index is 0. The van der Waals surface area contributed by atoms with E-state index in [0.717, 1.165) is 83.9 Å². The van der Waals surface area contributed by atoms with Crippen LogP contribution in [-0.4, -0.2) is 19.5 Å². The van der Waals surface area contributed by atoms with Crippen LogP contribution >= 0.6 is 0 Å². The van der Waals surface area contributed by atoms with Crippen molar-refractivity contribution in [2.75, 3.05) is 0 Å². The van der Waals surface area contributed by atoms with Crippen LogP contribution in [0.25, 0.3) is 85.4 Å². The summed E-state index contributed by atoms with van der Waals surface area (Å²) in [6.45, 7) is 0. The molecule has 2 aliphatic heterocycles. The normalized spacial score (nSPS) is 11.3. The maximum absolute atomic E-state index is 5.29. The summed E-state index contributed by atoms with van der Waals surface area (Å²) in [5.74, 6) is 0. The van der Waals surface area contributed by atoms with Crippen molar-refractivity contribution in [2.24, 2.45) is 0 Å². The third-order valence-electron chi connectivity index (χ3n) is 8.87. The van der Waals surface area contributed by atoms with E-state index in [1.54, 1.807) is 0 Å². The van der Waals surface area contributed by atoms with Crippen molar-refractivity contribution in [1.82, 2.24) is 19.5 Å². The van der Waals surface area contributed by atoms with Gasteiger partial charge >= 0.3 is 17.1 Å². The van der Waals surface area contributed by atoms with E-state index in [0.29, 0.717) is 0 Å². The molecule has 1 N–H and O–H groups in total. The van der Waals surface area contributed by atoms with Gasteiger partial charge in [-0.25, -0.2) is 9.97 Å². The van der Waals surface area contributed by atoms with Crippen molar-refractivity contribution < 1.29 is 41.9 Å². The molecule has 5 heterocycles. The predicted molar refractivity (Wildman–Crippen MR) is 200 cm³/mol. The molecule has 0 radical (unpaired) electrons. The number of nitrogens with one attached hydrogen (secondary N) is 1. The molecule has 0 aliphatic carbocycles. The number of nitrogens with zero attached hydrogens (tertiary/aromatic N) is 3. The quantitative estimate of drug-likeness (QED) is 0.255. The molecule has 4 nitrogen and oxygen atoms in total. The molecule has 0 spiro atoms. The molecule has 4 aromatic carbocycles. The number of hydrogen-bond acceptors (Lipinski definition) is 2. The van der Waals surface area contributed by atoms with Gasteiger partial charge in [-0.15, -0.1) is 0 Å². The minimum atomic E-state index is 0. The minimum Gasteiger partial charge on any atom is -1.00 e. The van der Waals surface area contributed by atoms with Crippen LogP contribution in [0.3, 0.4) is 0 Å². The predicted octanol–water partition coefficient (Wildman–Crippen LogP) is 5.12. The van der Waals surface area contributed by atoms with Gasteiger partial charge in [0.2, 0.25) is 0 Å². The van der Waals surface area contributed by atoms with Gasteiger partial charge in [0.05, 0.1) is 33.8 Å². The van der Waals surface area contributed by atoms with Gasteiger partial charge in [0.1, 0.15) is 0 Å².